The van der Waals surface area contributed by atoms with E-state index in [9.17, 15) is 18.0 Å². The first-order chi connectivity index (χ1) is 11.9. The van der Waals surface area contributed by atoms with Crippen LogP contribution >= 0.6 is 0 Å². The zero-order valence-electron chi connectivity index (χ0n) is 13.6. The maximum atomic E-state index is 14.0. The lowest BCUT2D eigenvalue weighted by atomic mass is 9.77. The quantitative estimate of drug-likeness (QED) is 0.795. The first-order valence-electron chi connectivity index (χ1n) is 8.53. The van der Waals surface area contributed by atoms with Gasteiger partial charge in [0.2, 0.25) is 0 Å². The Bertz CT molecular complexity index is 686. The maximum Gasteiger partial charge on any atom is 0.407 e. The molecule has 1 amide bonds. The number of ether oxygens (including phenoxy) is 1. The largest absolute Gasteiger partial charge is 0.443 e. The van der Waals surface area contributed by atoms with Crippen LogP contribution < -0.4 is 11.1 Å². The zero-order chi connectivity index (χ0) is 17.7. The smallest absolute Gasteiger partial charge is 0.407 e. The van der Waals surface area contributed by atoms with Crippen molar-refractivity contribution in [2.45, 2.75) is 49.4 Å². The molecular formula is C17H20F3N3O2. The molecule has 0 radical (unpaired) electrons. The summed E-state index contributed by atoms with van der Waals surface area (Å²) in [6.45, 7) is 1.36. The van der Waals surface area contributed by atoms with Crippen LogP contribution in [-0.4, -0.2) is 48.3 Å². The molecule has 8 heteroatoms. The van der Waals surface area contributed by atoms with Crippen LogP contribution in [0.1, 0.15) is 30.7 Å². The number of carbonyl (C=O) groups is 1. The molecule has 4 rings (SSSR count). The van der Waals surface area contributed by atoms with Gasteiger partial charge >= 0.3 is 6.09 Å². The van der Waals surface area contributed by atoms with Crippen molar-refractivity contribution in [1.29, 1.82) is 0 Å². The summed E-state index contributed by atoms with van der Waals surface area (Å²) < 4.78 is 45.9. The van der Waals surface area contributed by atoms with Crippen LogP contribution in [0.4, 0.5) is 18.0 Å². The fourth-order valence-electron chi connectivity index (χ4n) is 4.40. The van der Waals surface area contributed by atoms with Crippen LogP contribution in [0.15, 0.2) is 12.1 Å². The van der Waals surface area contributed by atoms with E-state index in [1.165, 1.54) is 0 Å². The monoisotopic (exact) mass is 355 g/mol. The summed E-state index contributed by atoms with van der Waals surface area (Å²) in [4.78, 5) is 13.5. The van der Waals surface area contributed by atoms with Crippen LogP contribution in [0.2, 0.25) is 0 Å². The number of nitrogens with one attached hydrogen (secondary N) is 1. The van der Waals surface area contributed by atoms with Crippen molar-refractivity contribution in [3.63, 3.8) is 0 Å². The number of nitrogens with zero attached hydrogens (tertiary/aromatic N) is 1. The van der Waals surface area contributed by atoms with E-state index in [4.69, 9.17) is 10.5 Å². The molecule has 1 unspecified atom stereocenters. The molecule has 2 aliphatic heterocycles. The van der Waals surface area contributed by atoms with Crippen molar-refractivity contribution in [3.05, 3.63) is 35.1 Å². The molecule has 5 nitrogen and oxygen atoms in total. The molecule has 136 valence electrons. The minimum Gasteiger partial charge on any atom is -0.443 e. The second-order valence-corrected chi connectivity index (χ2v) is 7.17. The SMILES string of the molecule is N[C@H]1C[C@@H](N2C[C@@H]3OC(=O)N[C@@H]3C2)CCC1c1cc(F)c(F)cc1F. The minimum atomic E-state index is -1.19. The topological polar surface area (TPSA) is 67.6 Å². The van der Waals surface area contributed by atoms with Gasteiger partial charge in [0.1, 0.15) is 11.9 Å². The van der Waals surface area contributed by atoms with Crippen LogP contribution in [0.5, 0.6) is 0 Å². The average Bonchev–Trinajstić information content (AvgIpc) is 3.08. The third-order valence-electron chi connectivity index (χ3n) is 5.68. The second-order valence-electron chi connectivity index (χ2n) is 7.17. The van der Waals surface area contributed by atoms with Crippen molar-refractivity contribution in [1.82, 2.24) is 10.2 Å². The second kappa shape index (κ2) is 6.17. The van der Waals surface area contributed by atoms with E-state index < -0.39 is 17.5 Å². The number of alkyl carbamates (subject to hydrolysis) is 1. The molecule has 0 aromatic heterocycles. The van der Waals surface area contributed by atoms with Gasteiger partial charge in [-0.25, -0.2) is 18.0 Å². The molecule has 0 bridgehead atoms. The lowest BCUT2D eigenvalue weighted by Crippen LogP contribution is -2.46. The fourth-order valence-corrected chi connectivity index (χ4v) is 4.40. The summed E-state index contributed by atoms with van der Waals surface area (Å²) in [6.07, 6.45) is 1.52. The third-order valence-corrected chi connectivity index (χ3v) is 5.68. The fraction of sp³-hybridized carbons (Fsp3) is 0.588. The number of benzene rings is 1. The number of nitrogens with two attached hydrogens (primary N) is 1. The van der Waals surface area contributed by atoms with Gasteiger partial charge in [-0.3, -0.25) is 4.90 Å². The normalized spacial score (nSPS) is 35.4. The van der Waals surface area contributed by atoms with E-state index in [1.807, 2.05) is 0 Å². The van der Waals surface area contributed by atoms with E-state index in [0.29, 0.717) is 32.0 Å². The molecule has 1 aromatic carbocycles. The predicted molar refractivity (Wildman–Crippen MR) is 83.4 cm³/mol. The summed E-state index contributed by atoms with van der Waals surface area (Å²) >= 11 is 0. The summed E-state index contributed by atoms with van der Waals surface area (Å²) in [5.74, 6) is -3.31. The van der Waals surface area contributed by atoms with Crippen molar-refractivity contribution >= 4 is 6.09 Å². The zero-order valence-corrected chi connectivity index (χ0v) is 13.6. The Kier molecular flexibility index (Phi) is 4.11. The molecule has 0 spiro atoms. The van der Waals surface area contributed by atoms with Gasteiger partial charge in [-0.1, -0.05) is 0 Å². The number of carbonyl (C=O) groups excluding carboxylic acids is 1. The summed E-state index contributed by atoms with van der Waals surface area (Å²) in [5.41, 5.74) is 6.40. The summed E-state index contributed by atoms with van der Waals surface area (Å²) in [6, 6.07) is 1.40. The molecule has 2 heterocycles. The number of hydrogen-bond donors (Lipinski definition) is 2. The standard InChI is InChI=1S/C17H20F3N3O2/c18-11-5-13(20)12(19)4-10(11)9-2-1-8(3-14(9)21)23-6-15-16(7-23)25-17(24)22-15/h4-5,8-9,14-16H,1-3,6-7,21H2,(H,22,24)/t8-,9?,14-,15+,16-/m0/s1. The number of hydrogen-bond acceptors (Lipinski definition) is 4. The van der Waals surface area contributed by atoms with Crippen molar-refractivity contribution < 1.29 is 22.7 Å². The summed E-state index contributed by atoms with van der Waals surface area (Å²) in [5, 5.41) is 2.79. The van der Waals surface area contributed by atoms with Crippen LogP contribution in [-0.2, 0) is 4.74 Å². The highest BCUT2D eigenvalue weighted by atomic mass is 19.2. The van der Waals surface area contributed by atoms with Gasteiger partial charge in [0.25, 0.3) is 0 Å². The number of halogens is 3. The number of amides is 1. The van der Waals surface area contributed by atoms with E-state index in [1.54, 1.807) is 0 Å². The van der Waals surface area contributed by atoms with E-state index in [-0.39, 0.29) is 41.8 Å². The van der Waals surface area contributed by atoms with E-state index in [0.717, 1.165) is 12.5 Å². The van der Waals surface area contributed by atoms with Crippen LogP contribution in [0.25, 0.3) is 0 Å². The van der Waals surface area contributed by atoms with Gasteiger partial charge in [0.15, 0.2) is 11.6 Å². The minimum absolute atomic E-state index is 0.00471. The van der Waals surface area contributed by atoms with Crippen molar-refractivity contribution in [2.24, 2.45) is 5.73 Å². The van der Waals surface area contributed by atoms with Gasteiger partial charge < -0.3 is 15.8 Å². The van der Waals surface area contributed by atoms with Crippen molar-refractivity contribution in [2.75, 3.05) is 13.1 Å². The number of likely N-dealkylation sites (tertiary alicyclic amines) is 1. The Morgan fingerprint density at radius 3 is 2.60 bits per heavy atom. The molecule has 5 atom stereocenters. The molecule has 2 saturated heterocycles. The van der Waals surface area contributed by atoms with E-state index in [2.05, 4.69) is 10.2 Å². The van der Waals surface area contributed by atoms with Crippen molar-refractivity contribution in [3.8, 4) is 0 Å². The highest BCUT2D eigenvalue weighted by molar-refractivity contribution is 5.70. The molecule has 3 fully saturated rings. The van der Waals surface area contributed by atoms with Gasteiger partial charge in [0.05, 0.1) is 6.04 Å². The highest BCUT2D eigenvalue weighted by Crippen LogP contribution is 2.37. The van der Waals surface area contributed by atoms with Gasteiger partial charge in [-0.05, 0) is 30.9 Å². The van der Waals surface area contributed by atoms with E-state index >= 15 is 0 Å². The number of fused-ring (bicyclic) bond motifs is 1. The predicted octanol–water partition coefficient (Wildman–Crippen LogP) is 1.86. The lowest BCUT2D eigenvalue weighted by Gasteiger charge is -2.39. The maximum absolute atomic E-state index is 14.0. The molecule has 1 saturated carbocycles. The van der Waals surface area contributed by atoms with Gasteiger partial charge in [0, 0.05) is 37.2 Å². The Morgan fingerprint density at radius 2 is 1.88 bits per heavy atom. The summed E-state index contributed by atoms with van der Waals surface area (Å²) in [7, 11) is 0. The molecular weight excluding hydrogens is 335 g/mol. The van der Waals surface area contributed by atoms with Crippen LogP contribution in [0.3, 0.4) is 0 Å². The third kappa shape index (κ3) is 2.97. The average molecular weight is 355 g/mol. The Balaban J connectivity index is 1.43. The molecule has 3 aliphatic rings. The lowest BCUT2D eigenvalue weighted by molar-refractivity contribution is 0.110. The Morgan fingerprint density at radius 1 is 1.12 bits per heavy atom. The first kappa shape index (κ1) is 16.7. The molecule has 1 aliphatic carbocycles. The Hall–Kier alpha value is -1.80. The molecule has 1 aromatic rings. The highest BCUT2D eigenvalue weighted by Gasteiger charge is 2.45. The first-order valence-corrected chi connectivity index (χ1v) is 8.53. The van der Waals surface area contributed by atoms with Gasteiger partial charge in [-0.15, -0.1) is 0 Å². The Labute approximate surface area is 143 Å². The van der Waals surface area contributed by atoms with Gasteiger partial charge in [-0.2, -0.15) is 0 Å². The number of rotatable bonds is 2. The van der Waals surface area contributed by atoms with Crippen LogP contribution in [0, 0.1) is 17.5 Å². The molecule has 25 heavy (non-hydrogen) atoms. The molecule has 3 N–H and O–H groups in total.